The monoisotopic (exact) mass is 510 g/mol. The fourth-order valence-electron chi connectivity index (χ4n) is 4.10. The molecule has 28 heavy (non-hydrogen) atoms. The molecule has 0 aliphatic carbocycles. The van der Waals surface area contributed by atoms with Gasteiger partial charge in [0.05, 0.1) is 19.8 Å². The molecule has 2 saturated heterocycles. The summed E-state index contributed by atoms with van der Waals surface area (Å²) in [5, 5.41) is 3.47. The highest BCUT2D eigenvalue weighted by molar-refractivity contribution is 14.0. The maximum Gasteiger partial charge on any atom is 0.193 e. The molecule has 0 amide bonds. The van der Waals surface area contributed by atoms with Crippen LogP contribution in [0, 0.1) is 11.8 Å². The number of hydrogen-bond donors (Lipinski definition) is 1. The van der Waals surface area contributed by atoms with Crippen molar-refractivity contribution in [2.24, 2.45) is 16.8 Å². The molecule has 2 heterocycles. The first-order valence-corrected chi connectivity index (χ1v) is 11.0. The van der Waals surface area contributed by atoms with Crippen LogP contribution in [-0.2, 0) is 9.47 Å². The molecular weight excluding hydrogens is 467 g/mol. The number of likely N-dealkylation sites (tertiary alicyclic amines) is 2. The van der Waals surface area contributed by atoms with E-state index in [-0.39, 0.29) is 24.0 Å². The van der Waals surface area contributed by atoms with Gasteiger partial charge in [0.25, 0.3) is 0 Å². The van der Waals surface area contributed by atoms with Gasteiger partial charge in [-0.2, -0.15) is 0 Å². The summed E-state index contributed by atoms with van der Waals surface area (Å²) in [6.45, 7) is 14.5. The third-order valence-corrected chi connectivity index (χ3v) is 5.59. The number of guanidine groups is 1. The lowest BCUT2D eigenvalue weighted by atomic mass is 10.0. The molecular formula is C21H43IN4O2. The number of nitrogens with one attached hydrogen (secondary N) is 1. The molecule has 2 aliphatic heterocycles. The highest BCUT2D eigenvalue weighted by Gasteiger charge is 2.24. The Bertz CT molecular complexity index is 425. The first kappa shape index (κ1) is 25.9. The van der Waals surface area contributed by atoms with E-state index in [9.17, 15) is 0 Å². The van der Waals surface area contributed by atoms with Crippen molar-refractivity contribution < 1.29 is 9.47 Å². The Labute approximate surface area is 189 Å². The van der Waals surface area contributed by atoms with Gasteiger partial charge in [-0.1, -0.05) is 6.92 Å². The minimum atomic E-state index is 0. The van der Waals surface area contributed by atoms with Crippen LogP contribution in [0.3, 0.4) is 0 Å². The number of hydrogen-bond acceptors (Lipinski definition) is 4. The predicted molar refractivity (Wildman–Crippen MR) is 128 cm³/mol. The second kappa shape index (κ2) is 15.7. The third kappa shape index (κ3) is 10.1. The highest BCUT2D eigenvalue weighted by Crippen LogP contribution is 2.17. The van der Waals surface area contributed by atoms with Crippen molar-refractivity contribution in [2.45, 2.75) is 46.0 Å². The number of rotatable bonds is 11. The fraction of sp³-hybridized carbons (Fsp3) is 0.952. The smallest absolute Gasteiger partial charge is 0.193 e. The fourth-order valence-corrected chi connectivity index (χ4v) is 4.10. The zero-order valence-electron chi connectivity index (χ0n) is 18.3. The van der Waals surface area contributed by atoms with Crippen LogP contribution >= 0.6 is 24.0 Å². The molecule has 0 aromatic rings. The van der Waals surface area contributed by atoms with Crippen molar-refractivity contribution in [3.8, 4) is 0 Å². The second-order valence-corrected chi connectivity index (χ2v) is 8.16. The first-order chi connectivity index (χ1) is 13.2. The van der Waals surface area contributed by atoms with Crippen molar-refractivity contribution >= 4 is 29.9 Å². The predicted octanol–water partition coefficient (Wildman–Crippen LogP) is 3.07. The number of piperidine rings is 1. The third-order valence-electron chi connectivity index (χ3n) is 5.59. The largest absolute Gasteiger partial charge is 0.382 e. The standard InChI is InChI=1S/C21H42N4O2.HI/c1-4-22-21(25-13-9-20(17-25)18-27-15-14-26-3)23-10-5-6-11-24-12-7-8-19(2)16-24;/h19-20H,4-18H2,1-3H3,(H,22,23);1H. The van der Waals surface area contributed by atoms with Crippen LogP contribution in [0.5, 0.6) is 0 Å². The Morgan fingerprint density at radius 3 is 2.75 bits per heavy atom. The lowest BCUT2D eigenvalue weighted by Gasteiger charge is -2.30. The molecule has 0 aromatic heterocycles. The summed E-state index contributed by atoms with van der Waals surface area (Å²) in [4.78, 5) is 9.93. The number of nitrogens with zero attached hydrogens (tertiary/aromatic N) is 3. The summed E-state index contributed by atoms with van der Waals surface area (Å²) in [6, 6.07) is 0. The van der Waals surface area contributed by atoms with Gasteiger partial charge in [-0.3, -0.25) is 4.99 Å². The normalized spacial score (nSPS) is 23.7. The van der Waals surface area contributed by atoms with E-state index in [0.717, 1.165) is 44.7 Å². The second-order valence-electron chi connectivity index (χ2n) is 8.16. The number of halogens is 1. The average Bonchev–Trinajstić information content (AvgIpc) is 3.13. The number of unbranched alkanes of at least 4 members (excludes halogenated alkanes) is 1. The molecule has 2 unspecified atom stereocenters. The van der Waals surface area contributed by atoms with Crippen molar-refractivity contribution in [1.29, 1.82) is 0 Å². The van der Waals surface area contributed by atoms with E-state index in [0.29, 0.717) is 19.1 Å². The molecule has 166 valence electrons. The first-order valence-electron chi connectivity index (χ1n) is 11.0. The van der Waals surface area contributed by atoms with Gasteiger partial charge >= 0.3 is 0 Å². The summed E-state index contributed by atoms with van der Waals surface area (Å²) >= 11 is 0. The lowest BCUT2D eigenvalue weighted by Crippen LogP contribution is -2.40. The molecule has 0 bridgehead atoms. The summed E-state index contributed by atoms with van der Waals surface area (Å²) < 4.78 is 10.7. The zero-order chi connectivity index (χ0) is 19.3. The molecule has 2 rings (SSSR count). The van der Waals surface area contributed by atoms with Gasteiger partial charge in [0, 0.05) is 45.8 Å². The van der Waals surface area contributed by atoms with E-state index >= 15 is 0 Å². The maximum absolute atomic E-state index is 5.71. The van der Waals surface area contributed by atoms with E-state index in [1.54, 1.807) is 7.11 Å². The van der Waals surface area contributed by atoms with E-state index in [1.165, 1.54) is 51.7 Å². The van der Waals surface area contributed by atoms with Gasteiger partial charge in [-0.05, 0) is 58.0 Å². The van der Waals surface area contributed by atoms with Crippen LogP contribution in [-0.4, -0.2) is 88.5 Å². The minimum Gasteiger partial charge on any atom is -0.382 e. The Morgan fingerprint density at radius 2 is 2.00 bits per heavy atom. The Morgan fingerprint density at radius 1 is 1.14 bits per heavy atom. The molecule has 0 saturated carbocycles. The van der Waals surface area contributed by atoms with Crippen LogP contribution in [0.4, 0.5) is 0 Å². The summed E-state index contributed by atoms with van der Waals surface area (Å²) in [7, 11) is 1.72. The SMILES string of the molecule is CCNC(=NCCCCN1CCCC(C)C1)N1CCC(COCCOC)C1.I. The Balaban J connectivity index is 0.00000392. The molecule has 1 N–H and O–H groups in total. The molecule has 2 aliphatic rings. The van der Waals surface area contributed by atoms with Crippen LogP contribution in [0.1, 0.15) is 46.0 Å². The van der Waals surface area contributed by atoms with E-state index in [1.807, 2.05) is 0 Å². The highest BCUT2D eigenvalue weighted by atomic mass is 127. The van der Waals surface area contributed by atoms with Crippen molar-refractivity contribution in [3.05, 3.63) is 0 Å². The quantitative estimate of drug-likeness (QED) is 0.201. The molecule has 0 aromatic carbocycles. The Kier molecular flexibility index (Phi) is 14.5. The van der Waals surface area contributed by atoms with Gasteiger partial charge in [0.2, 0.25) is 0 Å². The molecule has 7 heteroatoms. The minimum absolute atomic E-state index is 0. The Hall–Kier alpha value is -0.120. The summed E-state index contributed by atoms with van der Waals surface area (Å²) in [6.07, 6.45) is 6.39. The summed E-state index contributed by atoms with van der Waals surface area (Å²) in [5.74, 6) is 2.56. The van der Waals surface area contributed by atoms with E-state index in [4.69, 9.17) is 14.5 Å². The van der Waals surface area contributed by atoms with Gasteiger partial charge in [0.1, 0.15) is 0 Å². The van der Waals surface area contributed by atoms with Crippen LogP contribution in [0.15, 0.2) is 4.99 Å². The van der Waals surface area contributed by atoms with E-state index in [2.05, 4.69) is 29.0 Å². The van der Waals surface area contributed by atoms with Gasteiger partial charge < -0.3 is 24.6 Å². The maximum atomic E-state index is 5.71. The van der Waals surface area contributed by atoms with Crippen LogP contribution in [0.2, 0.25) is 0 Å². The number of ether oxygens (including phenoxy) is 2. The van der Waals surface area contributed by atoms with Crippen LogP contribution in [0.25, 0.3) is 0 Å². The van der Waals surface area contributed by atoms with Crippen LogP contribution < -0.4 is 5.32 Å². The average molecular weight is 511 g/mol. The van der Waals surface area contributed by atoms with Crippen molar-refractivity contribution in [3.63, 3.8) is 0 Å². The van der Waals surface area contributed by atoms with Gasteiger partial charge in [0.15, 0.2) is 5.96 Å². The molecule has 2 fully saturated rings. The summed E-state index contributed by atoms with van der Waals surface area (Å²) in [5.41, 5.74) is 0. The zero-order valence-corrected chi connectivity index (χ0v) is 20.7. The van der Waals surface area contributed by atoms with E-state index < -0.39 is 0 Å². The molecule has 0 radical (unpaired) electrons. The molecule has 6 nitrogen and oxygen atoms in total. The lowest BCUT2D eigenvalue weighted by molar-refractivity contribution is 0.0536. The van der Waals surface area contributed by atoms with Gasteiger partial charge in [-0.25, -0.2) is 0 Å². The van der Waals surface area contributed by atoms with Crippen molar-refractivity contribution in [1.82, 2.24) is 15.1 Å². The van der Waals surface area contributed by atoms with Gasteiger partial charge in [-0.15, -0.1) is 24.0 Å². The molecule has 2 atom stereocenters. The molecule has 0 spiro atoms. The van der Waals surface area contributed by atoms with Crippen molar-refractivity contribution in [2.75, 3.05) is 72.7 Å². The number of aliphatic imine (C=N–C) groups is 1. The number of methoxy groups -OCH3 is 1. The topological polar surface area (TPSA) is 49.3 Å².